The highest BCUT2D eigenvalue weighted by molar-refractivity contribution is 6.35. The number of hydrogen-bond donors (Lipinski definition) is 0. The maximum atomic E-state index is 2.28. The van der Waals surface area contributed by atoms with E-state index in [0.717, 1.165) is 0 Å². The summed E-state index contributed by atoms with van der Waals surface area (Å²) in [6.07, 6.45) is 2.85. The molecule has 0 aliphatic rings. The molecule has 0 atom stereocenters. The van der Waals surface area contributed by atoms with Crippen LogP contribution in [-0.4, -0.2) is 20.4 Å². The summed E-state index contributed by atoms with van der Waals surface area (Å²) in [7, 11) is 0. The lowest BCUT2D eigenvalue weighted by Crippen LogP contribution is -1.84. The van der Waals surface area contributed by atoms with Crippen molar-refractivity contribution < 1.29 is 0 Å². The van der Waals surface area contributed by atoms with Gasteiger partial charge in [-0.25, -0.2) is 0 Å². The molecule has 0 saturated heterocycles. The quantitative estimate of drug-likeness (QED) is 0.423. The van der Waals surface area contributed by atoms with Gasteiger partial charge in [-0.05, 0) is 0 Å². The van der Waals surface area contributed by atoms with Crippen molar-refractivity contribution in [2.45, 2.75) is 35.8 Å². The first kappa shape index (κ1) is 11.8. The predicted octanol–water partition coefficient (Wildman–Crippen LogP) is 2.77. The Morgan fingerprint density at radius 3 is 1.62 bits per heavy atom. The number of rotatable bonds is 4. The van der Waals surface area contributed by atoms with Gasteiger partial charge in [0.05, 0.1) is 0 Å². The molecule has 0 amide bonds. The molecule has 0 unspecified atom stereocenters. The summed E-state index contributed by atoms with van der Waals surface area (Å²) in [5.41, 5.74) is 0. The highest BCUT2D eigenvalue weighted by atomic mass is 35.5. The first-order valence-corrected chi connectivity index (χ1v) is 5.41. The highest BCUT2D eigenvalue weighted by Crippen LogP contribution is 1.92. The second kappa shape index (κ2) is 10.9. The molecule has 0 aromatic heterocycles. The van der Waals surface area contributed by atoms with Crippen LogP contribution >= 0.6 is 12.4 Å². The fourth-order valence-corrected chi connectivity index (χ4v) is 2.03. The normalized spacial score (nSPS) is 7.25. The van der Waals surface area contributed by atoms with E-state index < -0.39 is 0 Å². The standard InChI is InChI=1S/2C3H7.ClH.Mg/c2*1-3-2;;/h2*1,3H2,2H3;1H;. The Balaban J connectivity index is 0. The van der Waals surface area contributed by atoms with Crippen LogP contribution in [-0.2, 0) is 0 Å². The summed E-state index contributed by atoms with van der Waals surface area (Å²) in [5.74, 6) is 0. The minimum Gasteiger partial charge on any atom is -0.147 e. The van der Waals surface area contributed by atoms with Gasteiger partial charge < -0.3 is 0 Å². The second-order valence-electron chi connectivity index (χ2n) is 2.06. The van der Waals surface area contributed by atoms with Gasteiger partial charge in [-0.15, -0.1) is 21.5 Å². The van der Waals surface area contributed by atoms with Crippen molar-refractivity contribution in [2.24, 2.45) is 0 Å². The summed E-state index contributed by atoms with van der Waals surface area (Å²) in [6.45, 7) is 4.56. The predicted molar refractivity (Wildman–Crippen MR) is 43.2 cm³/mol. The molecule has 0 spiro atoms. The maximum Gasteiger partial charge on any atom is 0.364 e. The SMILES string of the molecule is CC[CH2][Mg][CH2]CC.Cl. The third-order valence-corrected chi connectivity index (χ3v) is 3.62. The first-order valence-electron chi connectivity index (χ1n) is 3.41. The zero-order valence-electron chi connectivity index (χ0n) is 5.94. The summed E-state index contributed by atoms with van der Waals surface area (Å²) >= 11 is 0.411. The highest BCUT2D eigenvalue weighted by Gasteiger charge is 1.88. The fourth-order valence-electron chi connectivity index (χ4n) is 0.677. The van der Waals surface area contributed by atoms with Crippen molar-refractivity contribution >= 4 is 32.8 Å². The zero-order valence-corrected chi connectivity index (χ0v) is 8.17. The van der Waals surface area contributed by atoms with E-state index in [4.69, 9.17) is 0 Å². The lowest BCUT2D eigenvalue weighted by Gasteiger charge is -1.86. The Kier molecular flexibility index (Phi) is 16.1. The van der Waals surface area contributed by atoms with E-state index in [1.54, 1.807) is 9.10 Å². The first-order chi connectivity index (χ1) is 3.41. The third kappa shape index (κ3) is 10.1. The molecule has 0 aliphatic carbocycles. The van der Waals surface area contributed by atoms with E-state index in [1.165, 1.54) is 12.8 Å². The molecule has 0 nitrogen and oxygen atoms in total. The molecule has 0 aromatic carbocycles. The summed E-state index contributed by atoms with van der Waals surface area (Å²) in [5, 5.41) is 0. The van der Waals surface area contributed by atoms with Crippen molar-refractivity contribution in [3.8, 4) is 0 Å². The fraction of sp³-hybridized carbons (Fsp3) is 1.00. The lowest BCUT2D eigenvalue weighted by molar-refractivity contribution is 1.02. The second-order valence-corrected chi connectivity index (χ2v) is 4.18. The number of hydrogen-bond acceptors (Lipinski definition) is 0. The minimum absolute atomic E-state index is 0. The monoisotopic (exact) mass is 146 g/mol. The molecule has 0 heterocycles. The molecular formula is C6H15ClMg. The van der Waals surface area contributed by atoms with Gasteiger partial charge in [-0.1, -0.05) is 26.7 Å². The maximum absolute atomic E-state index is 2.28. The largest absolute Gasteiger partial charge is 0.364 e. The average Bonchev–Trinajstić information content (AvgIpc) is 1.69. The van der Waals surface area contributed by atoms with Gasteiger partial charge in [0, 0.05) is 0 Å². The van der Waals surface area contributed by atoms with Crippen LogP contribution in [0.4, 0.5) is 0 Å². The van der Waals surface area contributed by atoms with Gasteiger partial charge in [0.25, 0.3) is 0 Å². The van der Waals surface area contributed by atoms with Gasteiger partial charge >= 0.3 is 20.4 Å². The Bertz CT molecular complexity index is 27.7. The molecule has 0 saturated carbocycles. The van der Waals surface area contributed by atoms with Crippen molar-refractivity contribution in [3.63, 3.8) is 0 Å². The lowest BCUT2D eigenvalue weighted by atomic mass is 10.6. The van der Waals surface area contributed by atoms with Gasteiger partial charge in [0.2, 0.25) is 0 Å². The van der Waals surface area contributed by atoms with E-state index >= 15 is 0 Å². The van der Waals surface area contributed by atoms with E-state index in [0.29, 0.717) is 20.4 Å². The zero-order chi connectivity index (χ0) is 5.54. The van der Waals surface area contributed by atoms with Crippen LogP contribution in [0.3, 0.4) is 0 Å². The molecule has 0 rings (SSSR count). The molecule has 2 heteroatoms. The van der Waals surface area contributed by atoms with E-state index in [2.05, 4.69) is 13.8 Å². The van der Waals surface area contributed by atoms with Crippen molar-refractivity contribution in [2.75, 3.05) is 0 Å². The summed E-state index contributed by atoms with van der Waals surface area (Å²) < 4.78 is 3.13. The van der Waals surface area contributed by atoms with E-state index in [1.807, 2.05) is 0 Å². The summed E-state index contributed by atoms with van der Waals surface area (Å²) in [4.78, 5) is 0. The Labute approximate surface area is 68.6 Å². The van der Waals surface area contributed by atoms with Crippen LogP contribution < -0.4 is 0 Å². The van der Waals surface area contributed by atoms with Crippen LogP contribution in [0.2, 0.25) is 9.10 Å². The molecule has 8 heavy (non-hydrogen) atoms. The van der Waals surface area contributed by atoms with Crippen LogP contribution in [0.1, 0.15) is 26.7 Å². The van der Waals surface area contributed by atoms with Gasteiger partial charge in [-0.2, -0.15) is 0 Å². The molecule has 0 bridgehead atoms. The van der Waals surface area contributed by atoms with Crippen LogP contribution in [0.25, 0.3) is 0 Å². The van der Waals surface area contributed by atoms with Crippen LogP contribution in [0.15, 0.2) is 0 Å². The Morgan fingerprint density at radius 2 is 1.38 bits per heavy atom. The van der Waals surface area contributed by atoms with Crippen LogP contribution in [0, 0.1) is 0 Å². The topological polar surface area (TPSA) is 0 Å². The Morgan fingerprint density at radius 1 is 1.00 bits per heavy atom. The average molecular weight is 147 g/mol. The van der Waals surface area contributed by atoms with Gasteiger partial charge in [0.15, 0.2) is 0 Å². The molecule has 0 fully saturated rings. The number of halogens is 1. The van der Waals surface area contributed by atoms with E-state index in [-0.39, 0.29) is 12.4 Å². The van der Waals surface area contributed by atoms with Gasteiger partial charge in [-0.3, -0.25) is 0 Å². The minimum atomic E-state index is 0. The third-order valence-electron chi connectivity index (χ3n) is 1.21. The molecule has 0 radical (unpaired) electrons. The molecule has 48 valence electrons. The van der Waals surface area contributed by atoms with Crippen molar-refractivity contribution in [1.29, 1.82) is 0 Å². The Hall–Kier alpha value is 1.06. The van der Waals surface area contributed by atoms with Gasteiger partial charge in [0.1, 0.15) is 0 Å². The molecule has 0 aliphatic heterocycles. The smallest absolute Gasteiger partial charge is 0.147 e. The summed E-state index contributed by atoms with van der Waals surface area (Å²) in [6, 6.07) is 0. The molecular weight excluding hydrogens is 132 g/mol. The van der Waals surface area contributed by atoms with Crippen LogP contribution in [0.5, 0.6) is 0 Å². The molecule has 0 aromatic rings. The van der Waals surface area contributed by atoms with Crippen molar-refractivity contribution in [1.82, 2.24) is 0 Å². The van der Waals surface area contributed by atoms with Crippen molar-refractivity contribution in [3.05, 3.63) is 0 Å². The molecule has 0 N–H and O–H groups in total. The van der Waals surface area contributed by atoms with E-state index in [9.17, 15) is 0 Å².